The first-order chi connectivity index (χ1) is 17.2. The molecule has 1 aliphatic rings. The molecular weight excluding hydrogens is 448 g/mol. The number of carbonyl (C=O) groups is 1. The number of pyridine rings is 1. The highest BCUT2D eigenvalue weighted by Gasteiger charge is 2.15. The zero-order valence-electron chi connectivity index (χ0n) is 18.3. The Labute approximate surface area is 199 Å². The van der Waals surface area contributed by atoms with Gasteiger partial charge in [-0.1, -0.05) is 12.1 Å². The van der Waals surface area contributed by atoms with E-state index in [4.69, 9.17) is 19.3 Å². The lowest BCUT2D eigenvalue weighted by atomic mass is 10.1. The van der Waals surface area contributed by atoms with Gasteiger partial charge in [-0.3, -0.25) is 9.78 Å². The predicted molar refractivity (Wildman–Crippen MR) is 126 cm³/mol. The highest BCUT2D eigenvalue weighted by molar-refractivity contribution is 5.92. The van der Waals surface area contributed by atoms with E-state index in [1.807, 2.05) is 48.5 Å². The van der Waals surface area contributed by atoms with Crippen LogP contribution in [0.3, 0.4) is 0 Å². The molecule has 10 heteroatoms. The normalized spacial score (nSPS) is 12.0. The maximum Gasteiger partial charge on any atom is 0.262 e. The number of aromatic nitrogens is 5. The Morgan fingerprint density at radius 2 is 1.83 bits per heavy atom. The number of amides is 1. The summed E-state index contributed by atoms with van der Waals surface area (Å²) in [5.41, 5.74) is 3.66. The maximum absolute atomic E-state index is 12.5. The van der Waals surface area contributed by atoms with Crippen molar-refractivity contribution in [3.05, 3.63) is 79.1 Å². The lowest BCUT2D eigenvalue weighted by Gasteiger charge is -2.09. The third-order valence-electron chi connectivity index (χ3n) is 5.36. The monoisotopic (exact) mass is 466 g/mol. The van der Waals surface area contributed by atoms with Gasteiger partial charge in [-0.15, -0.1) is 10.2 Å². The van der Waals surface area contributed by atoms with E-state index in [2.05, 4.69) is 20.5 Å². The maximum atomic E-state index is 12.5. The molecule has 1 amide bonds. The Morgan fingerprint density at radius 3 is 2.74 bits per heavy atom. The molecule has 3 aromatic heterocycles. The summed E-state index contributed by atoms with van der Waals surface area (Å²) in [6.45, 7) is 0.0316. The van der Waals surface area contributed by atoms with Crippen molar-refractivity contribution >= 4 is 17.2 Å². The molecule has 4 heterocycles. The van der Waals surface area contributed by atoms with Gasteiger partial charge in [0.25, 0.3) is 5.91 Å². The lowest BCUT2D eigenvalue weighted by molar-refractivity contribution is -0.118. The van der Waals surface area contributed by atoms with Crippen LogP contribution in [-0.2, 0) is 4.79 Å². The molecule has 5 aromatic rings. The molecule has 1 aliphatic heterocycles. The fourth-order valence-electron chi connectivity index (χ4n) is 3.69. The van der Waals surface area contributed by atoms with Gasteiger partial charge in [0.15, 0.2) is 29.6 Å². The van der Waals surface area contributed by atoms with Gasteiger partial charge in [-0.25, -0.2) is 0 Å². The molecule has 35 heavy (non-hydrogen) atoms. The van der Waals surface area contributed by atoms with Gasteiger partial charge < -0.3 is 19.5 Å². The average molecular weight is 466 g/mol. The minimum absolute atomic E-state index is 0.149. The van der Waals surface area contributed by atoms with E-state index in [-0.39, 0.29) is 19.3 Å². The summed E-state index contributed by atoms with van der Waals surface area (Å²) in [6.07, 6.45) is 3.39. The van der Waals surface area contributed by atoms with Crippen molar-refractivity contribution in [3.8, 4) is 39.9 Å². The van der Waals surface area contributed by atoms with Crippen molar-refractivity contribution in [2.24, 2.45) is 0 Å². The van der Waals surface area contributed by atoms with Crippen LogP contribution < -0.4 is 19.5 Å². The van der Waals surface area contributed by atoms with Crippen LogP contribution in [0.4, 0.5) is 5.69 Å². The second-order valence-electron chi connectivity index (χ2n) is 7.68. The Balaban J connectivity index is 1.18. The quantitative estimate of drug-likeness (QED) is 0.404. The third kappa shape index (κ3) is 4.20. The van der Waals surface area contributed by atoms with Crippen LogP contribution in [-0.4, -0.2) is 44.1 Å². The number of nitrogens with one attached hydrogen (secondary N) is 1. The predicted octanol–water partition coefficient (Wildman–Crippen LogP) is 3.60. The molecular formula is C25H18N6O4. The van der Waals surface area contributed by atoms with E-state index >= 15 is 0 Å². The van der Waals surface area contributed by atoms with E-state index in [1.54, 1.807) is 35.1 Å². The SMILES string of the molecule is O=C(COc1ccc2c(c1)OCO2)Nc1cccc(-c2ccc3nnc(-c4ccncc4)n3n2)c1. The van der Waals surface area contributed by atoms with Crippen molar-refractivity contribution in [2.45, 2.75) is 0 Å². The van der Waals surface area contributed by atoms with Crippen molar-refractivity contribution in [2.75, 3.05) is 18.7 Å². The number of hydrogen-bond donors (Lipinski definition) is 1. The second kappa shape index (κ2) is 8.75. The minimum Gasteiger partial charge on any atom is -0.484 e. The summed E-state index contributed by atoms with van der Waals surface area (Å²) in [4.78, 5) is 16.5. The highest BCUT2D eigenvalue weighted by Crippen LogP contribution is 2.35. The number of ether oxygens (including phenoxy) is 3. The number of carbonyl (C=O) groups excluding carboxylic acids is 1. The fourth-order valence-corrected chi connectivity index (χ4v) is 3.69. The molecule has 0 aliphatic carbocycles. The van der Waals surface area contributed by atoms with E-state index in [9.17, 15) is 4.79 Å². The second-order valence-corrected chi connectivity index (χ2v) is 7.68. The van der Waals surface area contributed by atoms with Gasteiger partial charge in [0.1, 0.15) is 5.75 Å². The Bertz CT molecular complexity index is 1540. The summed E-state index contributed by atoms with van der Waals surface area (Å²) in [6, 6.07) is 20.0. The standard InChI is InChI=1S/C25H18N6O4/c32-24(14-33-19-4-6-21-22(13-19)35-15-34-21)27-18-3-1-2-17(12-18)20-5-7-23-28-29-25(31(23)30-20)16-8-10-26-11-9-16/h1-13H,14-15H2,(H,27,32). The topological polar surface area (TPSA) is 113 Å². The molecule has 6 rings (SSSR count). The van der Waals surface area contributed by atoms with Crippen LogP contribution >= 0.6 is 0 Å². The molecule has 172 valence electrons. The molecule has 0 fully saturated rings. The fraction of sp³-hybridized carbons (Fsp3) is 0.0800. The minimum atomic E-state index is -0.290. The van der Waals surface area contributed by atoms with Gasteiger partial charge in [-0.2, -0.15) is 9.61 Å². The van der Waals surface area contributed by atoms with Gasteiger partial charge in [0, 0.05) is 35.3 Å². The van der Waals surface area contributed by atoms with E-state index in [0.717, 1.165) is 11.1 Å². The largest absolute Gasteiger partial charge is 0.484 e. The summed E-state index contributed by atoms with van der Waals surface area (Å²) in [5.74, 6) is 2.11. The smallest absolute Gasteiger partial charge is 0.262 e. The molecule has 0 saturated carbocycles. The first-order valence-corrected chi connectivity index (χ1v) is 10.8. The number of rotatable bonds is 6. The van der Waals surface area contributed by atoms with Crippen LogP contribution in [0.15, 0.2) is 79.1 Å². The summed E-state index contributed by atoms with van der Waals surface area (Å²) < 4.78 is 17.9. The van der Waals surface area contributed by atoms with Crippen molar-refractivity contribution in [3.63, 3.8) is 0 Å². The summed E-state index contributed by atoms with van der Waals surface area (Å²) >= 11 is 0. The lowest BCUT2D eigenvalue weighted by Crippen LogP contribution is -2.20. The Hall–Kier alpha value is -4.99. The Morgan fingerprint density at radius 1 is 0.943 bits per heavy atom. The van der Waals surface area contributed by atoms with Crippen LogP contribution in [0.25, 0.3) is 28.3 Å². The highest BCUT2D eigenvalue weighted by atomic mass is 16.7. The molecule has 0 unspecified atom stereocenters. The molecule has 0 saturated heterocycles. The van der Waals surface area contributed by atoms with Crippen LogP contribution in [0, 0.1) is 0 Å². The molecule has 0 radical (unpaired) electrons. The number of hydrogen-bond acceptors (Lipinski definition) is 8. The third-order valence-corrected chi connectivity index (χ3v) is 5.36. The molecule has 10 nitrogen and oxygen atoms in total. The first kappa shape index (κ1) is 20.6. The van der Waals surface area contributed by atoms with Crippen LogP contribution in [0.1, 0.15) is 0 Å². The van der Waals surface area contributed by atoms with Crippen LogP contribution in [0.5, 0.6) is 17.2 Å². The van der Waals surface area contributed by atoms with Gasteiger partial charge in [0.2, 0.25) is 6.79 Å². The van der Waals surface area contributed by atoms with E-state index < -0.39 is 0 Å². The summed E-state index contributed by atoms with van der Waals surface area (Å²) in [7, 11) is 0. The van der Waals surface area contributed by atoms with Crippen molar-refractivity contribution in [1.29, 1.82) is 0 Å². The molecule has 2 aromatic carbocycles. The van der Waals surface area contributed by atoms with Gasteiger partial charge in [-0.05, 0) is 48.5 Å². The van der Waals surface area contributed by atoms with Gasteiger partial charge >= 0.3 is 0 Å². The van der Waals surface area contributed by atoms with E-state index in [0.29, 0.717) is 40.1 Å². The molecule has 0 atom stereocenters. The molecule has 0 bridgehead atoms. The Kier molecular flexibility index (Phi) is 5.15. The molecule has 0 spiro atoms. The van der Waals surface area contributed by atoms with Crippen molar-refractivity contribution < 1.29 is 19.0 Å². The average Bonchev–Trinajstić information content (AvgIpc) is 3.54. The molecule has 1 N–H and O–H groups in total. The van der Waals surface area contributed by atoms with Crippen molar-refractivity contribution in [1.82, 2.24) is 24.8 Å². The number of fused-ring (bicyclic) bond motifs is 2. The van der Waals surface area contributed by atoms with Crippen LogP contribution in [0.2, 0.25) is 0 Å². The zero-order valence-corrected chi connectivity index (χ0v) is 18.3. The zero-order chi connectivity index (χ0) is 23.6. The van der Waals surface area contributed by atoms with Gasteiger partial charge in [0.05, 0.1) is 5.69 Å². The first-order valence-electron chi connectivity index (χ1n) is 10.8. The summed E-state index contributed by atoms with van der Waals surface area (Å²) in [5, 5.41) is 16.0. The van der Waals surface area contributed by atoms with E-state index in [1.165, 1.54) is 0 Å². The number of nitrogens with zero attached hydrogens (tertiary/aromatic N) is 5. The number of anilines is 1. The number of benzene rings is 2.